The molecular weight excluding hydrogens is 214 g/mol. The van der Waals surface area contributed by atoms with Gasteiger partial charge in [-0.1, -0.05) is 6.07 Å². The number of hydrogen-bond donors (Lipinski definition) is 1. The number of rotatable bonds is 0. The standard InChI is InChI=1S/C10H5NO5/c12-8-6-4(3-11-8)1-2-5-7(6)9(13)16-10(14)15-5/h1-2H,3H2,(H,11,12). The Morgan fingerprint density at radius 1 is 1.12 bits per heavy atom. The van der Waals surface area contributed by atoms with E-state index in [-0.39, 0.29) is 22.4 Å². The van der Waals surface area contributed by atoms with Crippen LogP contribution < -0.4 is 16.8 Å². The molecule has 2 aromatic rings. The Morgan fingerprint density at radius 2 is 1.94 bits per heavy atom. The first-order valence-electron chi connectivity index (χ1n) is 4.55. The summed E-state index contributed by atoms with van der Waals surface area (Å²) in [7, 11) is 0. The van der Waals surface area contributed by atoms with Gasteiger partial charge < -0.3 is 14.2 Å². The number of fused-ring (bicyclic) bond motifs is 3. The third kappa shape index (κ3) is 1.04. The molecule has 1 N–H and O–H groups in total. The minimum absolute atomic E-state index is 0.0205. The van der Waals surface area contributed by atoms with Crippen LogP contribution >= 0.6 is 0 Å². The lowest BCUT2D eigenvalue weighted by molar-refractivity contribution is 0.0966. The molecule has 1 aromatic carbocycles. The van der Waals surface area contributed by atoms with Crippen LogP contribution in [0.4, 0.5) is 0 Å². The van der Waals surface area contributed by atoms with Crippen LogP contribution in [0.25, 0.3) is 11.0 Å². The molecule has 6 nitrogen and oxygen atoms in total. The summed E-state index contributed by atoms with van der Waals surface area (Å²) < 4.78 is 9.02. The molecule has 16 heavy (non-hydrogen) atoms. The normalized spacial score (nSPS) is 13.9. The monoisotopic (exact) mass is 219 g/mol. The van der Waals surface area contributed by atoms with Crippen molar-refractivity contribution >= 4 is 16.9 Å². The SMILES string of the molecule is O=C1NCc2ccc3oc(=O)oc(=O)c3c21. The predicted molar refractivity (Wildman–Crippen MR) is 52.2 cm³/mol. The van der Waals surface area contributed by atoms with Crippen molar-refractivity contribution in [3.63, 3.8) is 0 Å². The summed E-state index contributed by atoms with van der Waals surface area (Å²) >= 11 is 0. The maximum Gasteiger partial charge on any atom is 0.522 e. The van der Waals surface area contributed by atoms with Crippen LogP contribution in [-0.2, 0) is 6.54 Å². The Labute approximate surface area is 87.5 Å². The molecule has 1 aromatic heterocycles. The first-order valence-corrected chi connectivity index (χ1v) is 4.55. The van der Waals surface area contributed by atoms with E-state index in [9.17, 15) is 14.4 Å². The second-order valence-electron chi connectivity index (χ2n) is 3.40. The van der Waals surface area contributed by atoms with Gasteiger partial charge >= 0.3 is 11.4 Å². The van der Waals surface area contributed by atoms with Gasteiger partial charge in [-0.2, -0.15) is 0 Å². The maximum absolute atomic E-state index is 11.5. The van der Waals surface area contributed by atoms with Crippen molar-refractivity contribution in [2.45, 2.75) is 6.54 Å². The van der Waals surface area contributed by atoms with Gasteiger partial charge in [-0.15, -0.1) is 0 Å². The van der Waals surface area contributed by atoms with Gasteiger partial charge in [0.25, 0.3) is 5.91 Å². The summed E-state index contributed by atoms with van der Waals surface area (Å²) in [6.45, 7) is 0.364. The molecule has 1 aliphatic rings. The number of nitrogens with one attached hydrogen (secondary N) is 1. The molecule has 0 bridgehead atoms. The van der Waals surface area contributed by atoms with Crippen LogP contribution in [0, 0.1) is 0 Å². The Morgan fingerprint density at radius 3 is 2.75 bits per heavy atom. The highest BCUT2D eigenvalue weighted by Crippen LogP contribution is 2.22. The summed E-state index contributed by atoms with van der Waals surface area (Å²) in [6.07, 6.45) is 0. The Hall–Kier alpha value is -2.37. The van der Waals surface area contributed by atoms with Crippen molar-refractivity contribution in [2.24, 2.45) is 0 Å². The lowest BCUT2D eigenvalue weighted by Gasteiger charge is -1.98. The average molecular weight is 219 g/mol. The summed E-state index contributed by atoms with van der Waals surface area (Å²) in [4.78, 5) is 33.9. The molecule has 3 rings (SSSR count). The highest BCUT2D eigenvalue weighted by molar-refractivity contribution is 6.08. The fourth-order valence-electron chi connectivity index (χ4n) is 1.82. The first kappa shape index (κ1) is 8.90. The van der Waals surface area contributed by atoms with E-state index in [4.69, 9.17) is 4.42 Å². The van der Waals surface area contributed by atoms with Gasteiger partial charge in [0.2, 0.25) is 0 Å². The number of carbonyl (C=O) groups excluding carboxylic acids is 1. The maximum atomic E-state index is 11.5. The zero-order chi connectivity index (χ0) is 11.3. The third-order valence-electron chi connectivity index (χ3n) is 2.49. The molecule has 1 aliphatic heterocycles. The van der Waals surface area contributed by atoms with Gasteiger partial charge in [0.05, 0.1) is 5.56 Å². The molecular formula is C10H5NO5. The largest absolute Gasteiger partial charge is 0.522 e. The summed E-state index contributed by atoms with van der Waals surface area (Å²) in [5.41, 5.74) is 0.144. The molecule has 0 aliphatic carbocycles. The zero-order valence-corrected chi connectivity index (χ0v) is 7.90. The minimum Gasteiger partial charge on any atom is -0.394 e. The average Bonchev–Trinajstić information content (AvgIpc) is 2.60. The Balaban J connectivity index is 2.59. The number of carbonyl (C=O) groups is 1. The quantitative estimate of drug-likeness (QED) is 0.673. The van der Waals surface area contributed by atoms with Gasteiger partial charge in [-0.05, 0) is 11.6 Å². The highest BCUT2D eigenvalue weighted by atomic mass is 16.6. The van der Waals surface area contributed by atoms with E-state index in [0.717, 1.165) is 0 Å². The molecule has 0 fully saturated rings. The molecule has 0 saturated carbocycles. The lowest BCUT2D eigenvalue weighted by Crippen LogP contribution is -2.16. The molecule has 80 valence electrons. The smallest absolute Gasteiger partial charge is 0.394 e. The van der Waals surface area contributed by atoms with Crippen LogP contribution in [0.3, 0.4) is 0 Å². The fraction of sp³-hybridized carbons (Fsp3) is 0.100. The molecule has 0 atom stereocenters. The van der Waals surface area contributed by atoms with E-state index < -0.39 is 11.4 Å². The molecule has 0 unspecified atom stereocenters. The van der Waals surface area contributed by atoms with Crippen molar-refractivity contribution in [3.8, 4) is 0 Å². The van der Waals surface area contributed by atoms with Gasteiger partial charge in [0.15, 0.2) is 0 Å². The van der Waals surface area contributed by atoms with E-state index in [1.807, 2.05) is 0 Å². The molecule has 6 heteroatoms. The summed E-state index contributed by atoms with van der Waals surface area (Å²) in [5.74, 6) is -1.43. The van der Waals surface area contributed by atoms with Gasteiger partial charge in [0.1, 0.15) is 11.0 Å². The van der Waals surface area contributed by atoms with Crippen LogP contribution in [0.5, 0.6) is 0 Å². The van der Waals surface area contributed by atoms with E-state index in [1.54, 1.807) is 6.07 Å². The lowest BCUT2D eigenvalue weighted by atomic mass is 10.1. The van der Waals surface area contributed by atoms with Gasteiger partial charge in [-0.25, -0.2) is 9.59 Å². The minimum atomic E-state index is -1.07. The van der Waals surface area contributed by atoms with E-state index in [1.165, 1.54) is 6.07 Å². The van der Waals surface area contributed by atoms with Crippen molar-refractivity contribution < 1.29 is 13.6 Å². The van der Waals surface area contributed by atoms with E-state index >= 15 is 0 Å². The zero-order valence-electron chi connectivity index (χ0n) is 7.90. The third-order valence-corrected chi connectivity index (χ3v) is 2.49. The van der Waals surface area contributed by atoms with Crippen molar-refractivity contribution in [3.05, 3.63) is 44.3 Å². The summed E-state index contributed by atoms with van der Waals surface area (Å²) in [6, 6.07) is 3.12. The molecule has 0 spiro atoms. The second-order valence-corrected chi connectivity index (χ2v) is 3.40. The van der Waals surface area contributed by atoms with Gasteiger partial charge in [0, 0.05) is 6.54 Å². The van der Waals surface area contributed by atoms with Gasteiger partial charge in [-0.3, -0.25) is 4.79 Å². The molecule has 1 amide bonds. The second kappa shape index (κ2) is 2.82. The Bertz CT molecular complexity index is 724. The van der Waals surface area contributed by atoms with Crippen LogP contribution in [-0.4, -0.2) is 5.91 Å². The summed E-state index contributed by atoms with van der Waals surface area (Å²) in [5, 5.41) is 2.60. The molecule has 2 heterocycles. The number of amides is 1. The molecule has 0 saturated heterocycles. The van der Waals surface area contributed by atoms with Crippen molar-refractivity contribution in [1.29, 1.82) is 0 Å². The number of benzene rings is 1. The van der Waals surface area contributed by atoms with Crippen LogP contribution in [0.2, 0.25) is 0 Å². The fourth-order valence-corrected chi connectivity index (χ4v) is 1.82. The van der Waals surface area contributed by atoms with Crippen molar-refractivity contribution in [2.75, 3.05) is 0 Å². The predicted octanol–water partition coefficient (Wildman–Crippen LogP) is -0.0104. The topological polar surface area (TPSA) is 89.5 Å². The highest BCUT2D eigenvalue weighted by Gasteiger charge is 2.24. The van der Waals surface area contributed by atoms with Crippen LogP contribution in [0.15, 0.2) is 30.6 Å². The Kier molecular flexibility index (Phi) is 1.57. The van der Waals surface area contributed by atoms with E-state index in [0.29, 0.717) is 12.1 Å². The molecule has 0 radical (unpaired) electrons. The van der Waals surface area contributed by atoms with Crippen LogP contribution in [0.1, 0.15) is 15.9 Å². The van der Waals surface area contributed by atoms with E-state index in [2.05, 4.69) is 9.73 Å². The number of hydrogen-bond acceptors (Lipinski definition) is 5. The first-order chi connectivity index (χ1) is 7.66. The van der Waals surface area contributed by atoms with Crippen molar-refractivity contribution in [1.82, 2.24) is 5.32 Å².